The molecular formula is C17H29NOS. The fraction of sp³-hybridized carbons (Fsp3) is 0.765. The molecule has 2 rings (SSSR count). The van der Waals surface area contributed by atoms with Crippen LogP contribution in [0.4, 0.5) is 0 Å². The Balaban J connectivity index is 2.17. The van der Waals surface area contributed by atoms with E-state index in [1.807, 2.05) is 11.3 Å². The lowest BCUT2D eigenvalue weighted by Crippen LogP contribution is -2.39. The fourth-order valence-electron chi connectivity index (χ4n) is 3.43. The highest BCUT2D eigenvalue weighted by Gasteiger charge is 2.32. The third-order valence-corrected chi connectivity index (χ3v) is 5.22. The molecule has 0 aromatic carbocycles. The van der Waals surface area contributed by atoms with E-state index >= 15 is 0 Å². The number of hydrogen-bond donors (Lipinski definition) is 1. The molecule has 1 aromatic rings. The Labute approximate surface area is 127 Å². The predicted octanol–water partition coefficient (Wildman–Crippen LogP) is 4.69. The highest BCUT2D eigenvalue weighted by molar-refractivity contribution is 7.10. The molecule has 0 amide bonds. The molecule has 114 valence electrons. The Hall–Kier alpha value is -0.380. The van der Waals surface area contributed by atoms with E-state index < -0.39 is 0 Å². The maximum absolute atomic E-state index is 6.20. The molecule has 1 N–H and O–H groups in total. The first-order valence-corrected chi connectivity index (χ1v) is 9.04. The van der Waals surface area contributed by atoms with Crippen LogP contribution in [0.15, 0.2) is 11.4 Å². The van der Waals surface area contributed by atoms with Crippen molar-refractivity contribution in [2.24, 2.45) is 5.92 Å². The second-order valence-corrected chi connectivity index (χ2v) is 6.96. The monoisotopic (exact) mass is 295 g/mol. The molecule has 1 fully saturated rings. The normalized spacial score (nSPS) is 19.9. The highest BCUT2D eigenvalue weighted by Crippen LogP contribution is 2.35. The molecule has 0 radical (unpaired) electrons. The number of likely N-dealkylation sites (N-methyl/N-ethyl adjacent to an activating group) is 1. The summed E-state index contributed by atoms with van der Waals surface area (Å²) in [6.45, 7) is 8.31. The molecule has 1 aliphatic rings. The number of ether oxygens (including phenoxy) is 1. The summed E-state index contributed by atoms with van der Waals surface area (Å²) in [7, 11) is 0. The van der Waals surface area contributed by atoms with Gasteiger partial charge in [-0.1, -0.05) is 26.2 Å². The van der Waals surface area contributed by atoms with Gasteiger partial charge in [0.05, 0.1) is 12.1 Å². The van der Waals surface area contributed by atoms with Crippen LogP contribution in [0.5, 0.6) is 0 Å². The third-order valence-electron chi connectivity index (χ3n) is 4.34. The molecule has 1 aliphatic carbocycles. The van der Waals surface area contributed by atoms with Crippen molar-refractivity contribution in [2.45, 2.75) is 65.0 Å². The topological polar surface area (TPSA) is 21.3 Å². The zero-order valence-electron chi connectivity index (χ0n) is 13.2. The van der Waals surface area contributed by atoms with Crippen LogP contribution >= 0.6 is 11.3 Å². The number of rotatable bonds is 7. The van der Waals surface area contributed by atoms with Crippen molar-refractivity contribution >= 4 is 11.3 Å². The molecule has 2 atom stereocenters. The highest BCUT2D eigenvalue weighted by atomic mass is 32.1. The van der Waals surface area contributed by atoms with E-state index in [1.165, 1.54) is 42.5 Å². The first-order chi connectivity index (χ1) is 9.76. The summed E-state index contributed by atoms with van der Waals surface area (Å²) in [5.41, 5.74) is 1.42. The van der Waals surface area contributed by atoms with Crippen molar-refractivity contribution in [3.05, 3.63) is 21.9 Å². The average molecular weight is 295 g/mol. The van der Waals surface area contributed by atoms with Gasteiger partial charge >= 0.3 is 0 Å². The van der Waals surface area contributed by atoms with Crippen LogP contribution in [0.3, 0.4) is 0 Å². The van der Waals surface area contributed by atoms with Crippen molar-refractivity contribution < 1.29 is 4.74 Å². The van der Waals surface area contributed by atoms with E-state index in [9.17, 15) is 0 Å². The molecule has 1 aromatic heterocycles. The minimum Gasteiger partial charge on any atom is -0.376 e. The van der Waals surface area contributed by atoms with Gasteiger partial charge in [0.1, 0.15) is 0 Å². The number of hydrogen-bond acceptors (Lipinski definition) is 3. The van der Waals surface area contributed by atoms with Gasteiger partial charge in [-0.25, -0.2) is 0 Å². The quantitative estimate of drug-likeness (QED) is 0.787. The summed E-state index contributed by atoms with van der Waals surface area (Å²) < 4.78 is 6.20. The van der Waals surface area contributed by atoms with Gasteiger partial charge in [-0.15, -0.1) is 11.3 Å². The summed E-state index contributed by atoms with van der Waals surface area (Å²) in [5, 5.41) is 5.98. The molecule has 0 bridgehead atoms. The Morgan fingerprint density at radius 3 is 2.60 bits per heavy atom. The van der Waals surface area contributed by atoms with Crippen molar-refractivity contribution in [1.29, 1.82) is 0 Å². The predicted molar refractivity (Wildman–Crippen MR) is 87.5 cm³/mol. The minimum absolute atomic E-state index is 0.328. The summed E-state index contributed by atoms with van der Waals surface area (Å²) in [6.07, 6.45) is 7.13. The standard InChI is InChI=1S/C17H29NOS/c1-4-18-16(15-11-13(3)20-12-15)17(19-5-2)14-9-7-6-8-10-14/h11-12,14,16-18H,4-10H2,1-3H3. The van der Waals surface area contributed by atoms with Crippen LogP contribution in [0.1, 0.15) is 62.4 Å². The number of aryl methyl sites for hydroxylation is 1. The van der Waals surface area contributed by atoms with Crippen molar-refractivity contribution in [2.75, 3.05) is 13.2 Å². The first kappa shape index (κ1) is 16.0. The van der Waals surface area contributed by atoms with Gasteiger partial charge in [-0.2, -0.15) is 0 Å². The van der Waals surface area contributed by atoms with Gasteiger partial charge < -0.3 is 10.1 Å². The molecule has 1 heterocycles. The van der Waals surface area contributed by atoms with Gasteiger partial charge in [0.25, 0.3) is 0 Å². The second kappa shape index (κ2) is 8.16. The molecule has 0 saturated heterocycles. The van der Waals surface area contributed by atoms with Crippen LogP contribution in [0.25, 0.3) is 0 Å². The number of nitrogens with one attached hydrogen (secondary N) is 1. The Morgan fingerprint density at radius 1 is 1.30 bits per heavy atom. The maximum atomic E-state index is 6.20. The van der Waals surface area contributed by atoms with Crippen LogP contribution < -0.4 is 5.32 Å². The van der Waals surface area contributed by atoms with E-state index in [0.717, 1.165) is 13.2 Å². The van der Waals surface area contributed by atoms with Gasteiger partial charge in [0.15, 0.2) is 0 Å². The molecule has 0 aliphatic heterocycles. The number of thiophene rings is 1. The van der Waals surface area contributed by atoms with E-state index in [1.54, 1.807) is 0 Å². The SMILES string of the molecule is CCNC(c1csc(C)c1)C(OCC)C1CCCCC1. The molecule has 1 saturated carbocycles. The van der Waals surface area contributed by atoms with Crippen LogP contribution in [0.2, 0.25) is 0 Å². The molecule has 0 spiro atoms. The lowest BCUT2D eigenvalue weighted by Gasteiger charge is -2.36. The average Bonchev–Trinajstić information content (AvgIpc) is 2.90. The summed E-state index contributed by atoms with van der Waals surface area (Å²) in [4.78, 5) is 1.39. The third kappa shape index (κ3) is 4.06. The van der Waals surface area contributed by atoms with E-state index in [-0.39, 0.29) is 0 Å². The van der Waals surface area contributed by atoms with E-state index in [2.05, 4.69) is 37.5 Å². The van der Waals surface area contributed by atoms with Crippen molar-refractivity contribution in [1.82, 2.24) is 5.32 Å². The second-order valence-electron chi connectivity index (χ2n) is 5.84. The fourth-order valence-corrected chi connectivity index (χ4v) is 4.17. The largest absolute Gasteiger partial charge is 0.376 e. The molecule has 20 heavy (non-hydrogen) atoms. The van der Waals surface area contributed by atoms with E-state index in [4.69, 9.17) is 4.74 Å². The summed E-state index contributed by atoms with van der Waals surface area (Å²) in [5.74, 6) is 0.716. The zero-order chi connectivity index (χ0) is 14.4. The Morgan fingerprint density at radius 2 is 2.05 bits per heavy atom. The smallest absolute Gasteiger partial charge is 0.0797 e. The molecule has 2 unspecified atom stereocenters. The summed E-state index contributed by atoms with van der Waals surface area (Å²) >= 11 is 1.85. The lowest BCUT2D eigenvalue weighted by molar-refractivity contribution is -0.0179. The summed E-state index contributed by atoms with van der Waals surface area (Å²) in [6, 6.07) is 2.68. The van der Waals surface area contributed by atoms with Crippen LogP contribution in [-0.4, -0.2) is 19.3 Å². The zero-order valence-corrected chi connectivity index (χ0v) is 14.0. The lowest BCUT2D eigenvalue weighted by atomic mass is 9.81. The van der Waals surface area contributed by atoms with Gasteiger partial charge in [-0.3, -0.25) is 0 Å². The minimum atomic E-state index is 0.328. The van der Waals surface area contributed by atoms with Gasteiger partial charge in [-0.05, 0) is 56.2 Å². The first-order valence-electron chi connectivity index (χ1n) is 8.16. The van der Waals surface area contributed by atoms with Crippen molar-refractivity contribution in [3.8, 4) is 0 Å². The molecular weight excluding hydrogens is 266 g/mol. The van der Waals surface area contributed by atoms with Crippen LogP contribution in [-0.2, 0) is 4.74 Å². The maximum Gasteiger partial charge on any atom is 0.0797 e. The Bertz CT molecular complexity index is 384. The molecule has 2 nitrogen and oxygen atoms in total. The van der Waals surface area contributed by atoms with Gasteiger partial charge in [0.2, 0.25) is 0 Å². The van der Waals surface area contributed by atoms with Gasteiger partial charge in [0, 0.05) is 11.5 Å². The van der Waals surface area contributed by atoms with Crippen molar-refractivity contribution in [3.63, 3.8) is 0 Å². The Kier molecular flexibility index (Phi) is 6.53. The van der Waals surface area contributed by atoms with E-state index in [0.29, 0.717) is 18.1 Å². The van der Waals surface area contributed by atoms with Crippen LogP contribution in [0, 0.1) is 12.8 Å². The molecule has 3 heteroatoms.